The third-order valence-corrected chi connectivity index (χ3v) is 3.57. The maximum absolute atomic E-state index is 2.27. The van der Waals surface area contributed by atoms with Crippen LogP contribution in [0, 0.1) is 0 Å². The first-order valence-electron chi connectivity index (χ1n) is 6.21. The number of rotatable bonds is 0. The smallest absolute Gasteiger partial charge is 0 e. The fourth-order valence-electron chi connectivity index (χ4n) is 2.63. The Hall–Kier alpha value is -1.80. The molecule has 0 heterocycles. The van der Waals surface area contributed by atoms with E-state index in [1.807, 2.05) is 0 Å². The molecule has 0 saturated heterocycles. The Labute approximate surface area is 123 Å². The number of hydrogen-bond acceptors (Lipinski definition) is 0. The van der Waals surface area contributed by atoms with Crippen molar-refractivity contribution < 1.29 is 0 Å². The summed E-state index contributed by atoms with van der Waals surface area (Å²) in [7, 11) is 0. The minimum absolute atomic E-state index is 0. The summed E-state index contributed by atoms with van der Waals surface area (Å²) in [5, 5.41) is 7.85. The van der Waals surface area contributed by atoms with Crippen LogP contribution in [0.5, 0.6) is 0 Å². The van der Waals surface area contributed by atoms with Crippen molar-refractivity contribution >= 4 is 49.9 Å². The minimum atomic E-state index is 0. The fraction of sp³-hybridized carbons (Fsp3) is 0. The van der Waals surface area contributed by atoms with Crippen molar-refractivity contribution in [3.05, 3.63) is 72.8 Å². The zero-order valence-corrected chi connectivity index (χ0v) is 12.5. The Morgan fingerprint density at radius 2 is 0.632 bits per heavy atom. The Bertz CT molecular complexity index is 734. The van der Waals surface area contributed by atoms with Crippen LogP contribution in [0.25, 0.3) is 32.3 Å². The van der Waals surface area contributed by atoms with Crippen LogP contribution in [0.1, 0.15) is 0 Å². The van der Waals surface area contributed by atoms with Gasteiger partial charge >= 0.3 is 0 Å². The minimum Gasteiger partial charge on any atom is -0.0616 e. The second kappa shape index (κ2) is 4.71. The normalized spacial score (nSPS) is 10.7. The van der Waals surface area contributed by atoms with Gasteiger partial charge in [-0.15, -0.1) is 0 Å². The van der Waals surface area contributed by atoms with Gasteiger partial charge in [0.25, 0.3) is 0 Å². The summed E-state index contributed by atoms with van der Waals surface area (Å²) in [6.45, 7) is 0. The van der Waals surface area contributed by atoms with Gasteiger partial charge in [-0.2, -0.15) is 0 Å². The van der Waals surface area contributed by atoms with Gasteiger partial charge in [-0.3, -0.25) is 0 Å². The zero-order chi connectivity index (χ0) is 11.9. The fourth-order valence-corrected chi connectivity index (χ4v) is 2.63. The predicted octanol–water partition coefficient (Wildman–Crippen LogP) is 4.77. The van der Waals surface area contributed by atoms with Gasteiger partial charge in [0.15, 0.2) is 0 Å². The van der Waals surface area contributed by atoms with E-state index in [2.05, 4.69) is 72.8 Å². The van der Waals surface area contributed by atoms with Crippen LogP contribution in [0.2, 0.25) is 0 Å². The van der Waals surface area contributed by atoms with E-state index in [0.717, 1.165) is 0 Å². The number of fused-ring (bicyclic) bond motifs is 3. The third kappa shape index (κ3) is 2.02. The Morgan fingerprint density at radius 3 is 0.895 bits per heavy atom. The van der Waals surface area contributed by atoms with E-state index in [4.69, 9.17) is 0 Å². The van der Waals surface area contributed by atoms with E-state index >= 15 is 0 Å². The van der Waals surface area contributed by atoms with Crippen molar-refractivity contribution in [2.24, 2.45) is 0 Å². The average Bonchev–Trinajstić information content (AvgIpc) is 2.42. The first-order chi connectivity index (χ1) is 8.90. The molecule has 0 spiro atoms. The van der Waals surface area contributed by atoms with Crippen molar-refractivity contribution in [2.75, 3.05) is 0 Å². The molecule has 0 saturated carbocycles. The summed E-state index contributed by atoms with van der Waals surface area (Å²) in [6.07, 6.45) is 0. The average molecular weight is 301 g/mol. The second-order valence-electron chi connectivity index (χ2n) is 4.75. The first kappa shape index (κ1) is 12.2. The molecule has 4 aromatic rings. The summed E-state index contributed by atoms with van der Waals surface area (Å²) < 4.78 is 0. The molecule has 0 aliphatic rings. The Morgan fingerprint density at radius 1 is 0.368 bits per heavy atom. The Kier molecular flexibility index (Phi) is 3.03. The van der Waals surface area contributed by atoms with Crippen molar-refractivity contribution in [2.45, 2.75) is 0 Å². The van der Waals surface area contributed by atoms with E-state index < -0.39 is 0 Å². The summed E-state index contributed by atoms with van der Waals surface area (Å²) >= 11 is 0. The standard InChI is InChI=1S/C18H12.Ge/c1-2-6-14-10-18-12-16-8-4-3-7-15(16)11-17(18)9-13(14)5-1;/h1-12H;. The molecule has 4 rings (SSSR count). The number of benzene rings is 4. The quantitative estimate of drug-likeness (QED) is 0.324. The molecule has 0 aliphatic carbocycles. The molecule has 0 atom stereocenters. The van der Waals surface area contributed by atoms with Crippen molar-refractivity contribution in [1.82, 2.24) is 0 Å². The largest absolute Gasteiger partial charge is 0.0616 e. The molecule has 0 aliphatic heterocycles. The van der Waals surface area contributed by atoms with Crippen LogP contribution >= 0.6 is 0 Å². The van der Waals surface area contributed by atoms with Crippen LogP contribution in [0.15, 0.2) is 72.8 Å². The molecule has 88 valence electrons. The van der Waals surface area contributed by atoms with Gasteiger partial charge in [-0.25, -0.2) is 0 Å². The van der Waals surface area contributed by atoms with Gasteiger partial charge in [0.1, 0.15) is 0 Å². The summed E-state index contributed by atoms with van der Waals surface area (Å²) in [5.41, 5.74) is 0. The van der Waals surface area contributed by atoms with Gasteiger partial charge in [0.2, 0.25) is 0 Å². The molecule has 0 fully saturated rings. The van der Waals surface area contributed by atoms with Crippen LogP contribution in [0.3, 0.4) is 0 Å². The van der Waals surface area contributed by atoms with Gasteiger partial charge in [-0.1, -0.05) is 48.5 Å². The molecule has 1 heteroatoms. The molecule has 0 aromatic heterocycles. The van der Waals surface area contributed by atoms with Crippen LogP contribution in [-0.2, 0) is 0 Å². The van der Waals surface area contributed by atoms with E-state index in [9.17, 15) is 0 Å². The molecule has 0 unspecified atom stereocenters. The zero-order valence-electron chi connectivity index (χ0n) is 10.4. The third-order valence-electron chi connectivity index (χ3n) is 3.57. The van der Waals surface area contributed by atoms with E-state index in [1.165, 1.54) is 32.3 Å². The van der Waals surface area contributed by atoms with Crippen LogP contribution < -0.4 is 0 Å². The van der Waals surface area contributed by atoms with Gasteiger partial charge < -0.3 is 0 Å². The molecule has 0 bridgehead atoms. The van der Waals surface area contributed by atoms with Crippen molar-refractivity contribution in [3.63, 3.8) is 0 Å². The number of hydrogen-bond donors (Lipinski definition) is 0. The van der Waals surface area contributed by atoms with Crippen LogP contribution in [-0.4, -0.2) is 17.6 Å². The molecular formula is C18H12Ge. The SMILES string of the molecule is [Ge].c1ccc2cc3cc4ccccc4cc3cc2c1. The molecule has 4 radical (unpaired) electrons. The van der Waals surface area contributed by atoms with E-state index in [0.29, 0.717) is 0 Å². The summed E-state index contributed by atoms with van der Waals surface area (Å²) in [4.78, 5) is 0. The maximum atomic E-state index is 2.27. The molecular weight excluding hydrogens is 289 g/mol. The van der Waals surface area contributed by atoms with Crippen molar-refractivity contribution in [3.8, 4) is 0 Å². The van der Waals surface area contributed by atoms with Crippen LogP contribution in [0.4, 0.5) is 0 Å². The molecule has 0 N–H and O–H groups in total. The first-order valence-corrected chi connectivity index (χ1v) is 6.21. The van der Waals surface area contributed by atoms with E-state index in [-0.39, 0.29) is 17.6 Å². The molecule has 19 heavy (non-hydrogen) atoms. The molecule has 4 aromatic carbocycles. The monoisotopic (exact) mass is 302 g/mol. The molecule has 0 nitrogen and oxygen atoms in total. The summed E-state index contributed by atoms with van der Waals surface area (Å²) in [6, 6.07) is 26.2. The maximum Gasteiger partial charge on any atom is 0 e. The van der Waals surface area contributed by atoms with Gasteiger partial charge in [0.05, 0.1) is 0 Å². The van der Waals surface area contributed by atoms with Crippen molar-refractivity contribution in [1.29, 1.82) is 0 Å². The Balaban J connectivity index is 0.00000110. The molecule has 0 amide bonds. The topological polar surface area (TPSA) is 0 Å². The summed E-state index contributed by atoms with van der Waals surface area (Å²) in [5.74, 6) is 0. The van der Waals surface area contributed by atoms with Gasteiger partial charge in [-0.05, 0) is 56.6 Å². The predicted molar refractivity (Wildman–Crippen MR) is 84.7 cm³/mol. The van der Waals surface area contributed by atoms with Gasteiger partial charge in [0, 0.05) is 17.6 Å². The second-order valence-corrected chi connectivity index (χ2v) is 4.75. The van der Waals surface area contributed by atoms with E-state index in [1.54, 1.807) is 0 Å².